The number of amides is 1. The number of nitro groups is 1. The van der Waals surface area contributed by atoms with Crippen molar-refractivity contribution in [3.63, 3.8) is 0 Å². The van der Waals surface area contributed by atoms with E-state index in [1.807, 2.05) is 17.0 Å². The number of benzene rings is 2. The van der Waals surface area contributed by atoms with Crippen molar-refractivity contribution >= 4 is 38.7 Å². The molecule has 0 aromatic heterocycles. The minimum atomic E-state index is -3.19. The Labute approximate surface area is 198 Å². The third-order valence-corrected chi connectivity index (χ3v) is 7.29. The molecule has 34 heavy (non-hydrogen) atoms. The molecule has 2 saturated heterocycles. The van der Waals surface area contributed by atoms with Crippen molar-refractivity contribution < 1.29 is 22.9 Å². The second-order valence-electron chi connectivity index (χ2n) is 8.21. The van der Waals surface area contributed by atoms with Gasteiger partial charge in [-0.15, -0.1) is 0 Å². The maximum atomic E-state index is 13.1. The van der Waals surface area contributed by atoms with Gasteiger partial charge in [0.15, 0.2) is 0 Å². The maximum absolute atomic E-state index is 13.1. The van der Waals surface area contributed by atoms with Gasteiger partial charge >= 0.3 is 0 Å². The average Bonchev–Trinajstić information content (AvgIpc) is 2.84. The highest BCUT2D eigenvalue weighted by Crippen LogP contribution is 2.28. The van der Waals surface area contributed by atoms with E-state index in [4.69, 9.17) is 4.74 Å². The van der Waals surface area contributed by atoms with Crippen LogP contribution in [0.15, 0.2) is 42.5 Å². The number of nitro benzene ring substituents is 1. The van der Waals surface area contributed by atoms with Gasteiger partial charge in [0.05, 0.1) is 35.6 Å². The molecular weight excluding hydrogens is 462 g/mol. The lowest BCUT2D eigenvalue weighted by Gasteiger charge is -2.34. The Morgan fingerprint density at radius 3 is 2.21 bits per heavy atom. The molecule has 1 N–H and O–H groups in total. The van der Waals surface area contributed by atoms with Crippen molar-refractivity contribution in [2.45, 2.75) is 0 Å². The number of nitrogens with one attached hydrogen (secondary N) is 1. The summed E-state index contributed by atoms with van der Waals surface area (Å²) in [5.74, 6) is -0.431. The van der Waals surface area contributed by atoms with E-state index in [9.17, 15) is 23.3 Å². The predicted molar refractivity (Wildman–Crippen MR) is 129 cm³/mol. The first-order chi connectivity index (χ1) is 16.2. The Morgan fingerprint density at radius 1 is 0.971 bits per heavy atom. The zero-order chi connectivity index (χ0) is 24.3. The number of piperazine rings is 1. The quantitative estimate of drug-likeness (QED) is 0.481. The average molecular weight is 490 g/mol. The van der Waals surface area contributed by atoms with Gasteiger partial charge in [0.2, 0.25) is 10.0 Å². The number of ether oxygens (including phenoxy) is 1. The summed E-state index contributed by atoms with van der Waals surface area (Å²) in [4.78, 5) is 27.9. The molecule has 2 heterocycles. The van der Waals surface area contributed by atoms with Gasteiger partial charge in [-0.3, -0.25) is 14.9 Å². The molecule has 12 heteroatoms. The van der Waals surface area contributed by atoms with Crippen LogP contribution in [-0.2, 0) is 14.8 Å². The predicted octanol–water partition coefficient (Wildman–Crippen LogP) is 1.77. The lowest BCUT2D eigenvalue weighted by Crippen LogP contribution is -2.48. The molecule has 0 spiro atoms. The van der Waals surface area contributed by atoms with E-state index in [-0.39, 0.29) is 11.3 Å². The molecule has 0 atom stereocenters. The smallest absolute Gasteiger partial charge is 0.270 e. The molecule has 2 aliphatic heterocycles. The lowest BCUT2D eigenvalue weighted by molar-refractivity contribution is -0.384. The number of non-ortho nitro benzene ring substituents is 1. The molecule has 0 bridgehead atoms. The highest BCUT2D eigenvalue weighted by molar-refractivity contribution is 7.88. The summed E-state index contributed by atoms with van der Waals surface area (Å²) in [5.41, 5.74) is 2.20. The molecule has 2 aromatic rings. The van der Waals surface area contributed by atoms with Gasteiger partial charge in [-0.1, -0.05) is 0 Å². The van der Waals surface area contributed by atoms with E-state index < -0.39 is 20.9 Å². The fourth-order valence-corrected chi connectivity index (χ4v) is 4.96. The summed E-state index contributed by atoms with van der Waals surface area (Å²) in [6.45, 7) is 4.25. The van der Waals surface area contributed by atoms with Crippen LogP contribution in [0.3, 0.4) is 0 Å². The summed E-state index contributed by atoms with van der Waals surface area (Å²) in [7, 11) is -3.19. The number of rotatable bonds is 6. The van der Waals surface area contributed by atoms with Gasteiger partial charge in [0.25, 0.3) is 11.6 Å². The molecule has 11 nitrogen and oxygen atoms in total. The Morgan fingerprint density at radius 2 is 1.62 bits per heavy atom. The number of morpholine rings is 1. The van der Waals surface area contributed by atoms with Crippen molar-refractivity contribution in [2.24, 2.45) is 0 Å². The number of nitrogens with zero attached hydrogens (tertiary/aromatic N) is 4. The normalized spacial score (nSPS) is 17.4. The molecule has 2 fully saturated rings. The Bertz CT molecular complexity index is 1160. The Kier molecular flexibility index (Phi) is 7.00. The van der Waals surface area contributed by atoms with Crippen LogP contribution < -0.4 is 15.1 Å². The van der Waals surface area contributed by atoms with Crippen LogP contribution in [0.5, 0.6) is 0 Å². The van der Waals surface area contributed by atoms with Crippen molar-refractivity contribution in [3.05, 3.63) is 58.1 Å². The molecule has 0 radical (unpaired) electrons. The molecule has 2 aliphatic rings. The van der Waals surface area contributed by atoms with E-state index in [1.165, 1.54) is 22.7 Å². The van der Waals surface area contributed by atoms with Crippen LogP contribution in [0.4, 0.5) is 22.7 Å². The van der Waals surface area contributed by atoms with Crippen LogP contribution in [0, 0.1) is 10.1 Å². The number of carbonyl (C=O) groups excluding carboxylic acids is 1. The standard InChI is InChI=1S/C22H27N5O6S/c1-34(31,32)26-10-8-24(9-11-26)18-4-2-17(3-5-18)23-22(28)20-16-19(27(29)30)6-7-21(20)25-12-14-33-15-13-25/h2-7,16H,8-15H2,1H3,(H,23,28). The molecule has 0 unspecified atom stereocenters. The fraction of sp³-hybridized carbons (Fsp3) is 0.409. The van der Waals surface area contributed by atoms with Gasteiger partial charge in [0, 0.05) is 62.8 Å². The minimum Gasteiger partial charge on any atom is -0.378 e. The second kappa shape index (κ2) is 9.95. The van der Waals surface area contributed by atoms with Crippen LogP contribution in [0.25, 0.3) is 0 Å². The highest BCUT2D eigenvalue weighted by atomic mass is 32.2. The van der Waals surface area contributed by atoms with Crippen molar-refractivity contribution in [1.82, 2.24) is 4.31 Å². The fourth-order valence-electron chi connectivity index (χ4n) is 4.13. The Balaban J connectivity index is 1.47. The van der Waals surface area contributed by atoms with Crippen LogP contribution >= 0.6 is 0 Å². The largest absolute Gasteiger partial charge is 0.378 e. The van der Waals surface area contributed by atoms with Gasteiger partial charge in [-0.2, -0.15) is 4.31 Å². The van der Waals surface area contributed by atoms with Crippen LogP contribution in [0.1, 0.15) is 10.4 Å². The number of sulfonamides is 1. The number of anilines is 3. The number of hydrogen-bond acceptors (Lipinski definition) is 8. The third-order valence-electron chi connectivity index (χ3n) is 5.99. The van der Waals surface area contributed by atoms with Gasteiger partial charge < -0.3 is 19.9 Å². The zero-order valence-corrected chi connectivity index (χ0v) is 19.7. The summed E-state index contributed by atoms with van der Waals surface area (Å²) < 4.78 is 30.2. The number of carbonyl (C=O) groups is 1. The van der Waals surface area contributed by atoms with Crippen LogP contribution in [0.2, 0.25) is 0 Å². The molecule has 2 aromatic carbocycles. The van der Waals surface area contributed by atoms with E-state index in [0.29, 0.717) is 63.9 Å². The van der Waals surface area contributed by atoms with E-state index in [1.54, 1.807) is 18.2 Å². The summed E-state index contributed by atoms with van der Waals surface area (Å²) in [6, 6.07) is 11.6. The molecule has 0 saturated carbocycles. The van der Waals surface area contributed by atoms with Crippen molar-refractivity contribution in [2.75, 3.05) is 73.9 Å². The lowest BCUT2D eigenvalue weighted by atomic mass is 10.1. The van der Waals surface area contributed by atoms with Crippen LogP contribution in [-0.4, -0.2) is 82.3 Å². The Hall–Kier alpha value is -3.22. The molecule has 182 valence electrons. The summed E-state index contributed by atoms with van der Waals surface area (Å²) in [6.07, 6.45) is 1.21. The molecule has 4 rings (SSSR count). The summed E-state index contributed by atoms with van der Waals surface area (Å²) in [5, 5.41) is 14.1. The topological polar surface area (TPSA) is 125 Å². The zero-order valence-electron chi connectivity index (χ0n) is 18.8. The first-order valence-electron chi connectivity index (χ1n) is 10.9. The first-order valence-corrected chi connectivity index (χ1v) is 12.8. The molecule has 0 aliphatic carbocycles. The highest BCUT2D eigenvalue weighted by Gasteiger charge is 2.24. The number of hydrogen-bond donors (Lipinski definition) is 1. The van der Waals surface area contributed by atoms with E-state index in [2.05, 4.69) is 10.2 Å². The van der Waals surface area contributed by atoms with Gasteiger partial charge in [0.1, 0.15) is 0 Å². The van der Waals surface area contributed by atoms with E-state index >= 15 is 0 Å². The molecule has 1 amide bonds. The van der Waals surface area contributed by atoms with Gasteiger partial charge in [-0.25, -0.2) is 8.42 Å². The third kappa shape index (κ3) is 5.46. The summed E-state index contributed by atoms with van der Waals surface area (Å²) >= 11 is 0. The van der Waals surface area contributed by atoms with Gasteiger partial charge in [-0.05, 0) is 30.3 Å². The SMILES string of the molecule is CS(=O)(=O)N1CCN(c2ccc(NC(=O)c3cc([N+](=O)[O-])ccc3N3CCOCC3)cc2)CC1. The first kappa shape index (κ1) is 23.9. The molecular formula is C22H27N5O6S. The maximum Gasteiger partial charge on any atom is 0.270 e. The van der Waals surface area contributed by atoms with E-state index in [0.717, 1.165) is 5.69 Å². The monoisotopic (exact) mass is 489 g/mol. The van der Waals surface area contributed by atoms with Crippen molar-refractivity contribution in [1.29, 1.82) is 0 Å². The second-order valence-corrected chi connectivity index (χ2v) is 10.2. The van der Waals surface area contributed by atoms with Crippen molar-refractivity contribution in [3.8, 4) is 0 Å². The minimum absolute atomic E-state index is 0.147.